The Hall–Kier alpha value is -0.730. The maximum Gasteiger partial charge on any atom is 0.119 e. The van der Waals surface area contributed by atoms with E-state index in [-0.39, 0.29) is 0 Å². The van der Waals surface area contributed by atoms with Gasteiger partial charge in [0, 0.05) is 11.1 Å². The predicted molar refractivity (Wildman–Crippen MR) is 73.9 cm³/mol. The van der Waals surface area contributed by atoms with Crippen molar-refractivity contribution in [2.45, 2.75) is 33.2 Å². The van der Waals surface area contributed by atoms with Gasteiger partial charge in [0.15, 0.2) is 0 Å². The van der Waals surface area contributed by atoms with Gasteiger partial charge in [-0.25, -0.2) is 0 Å². The van der Waals surface area contributed by atoms with Gasteiger partial charge >= 0.3 is 0 Å². The Kier molecular flexibility index (Phi) is 6.38. The molecule has 0 amide bonds. The Bertz CT molecular complexity index is 313. The van der Waals surface area contributed by atoms with Crippen LogP contribution in [0.25, 0.3) is 0 Å². The Morgan fingerprint density at radius 1 is 1.24 bits per heavy atom. The van der Waals surface area contributed by atoms with Crippen molar-refractivity contribution in [1.82, 2.24) is 5.32 Å². The van der Waals surface area contributed by atoms with Crippen molar-refractivity contribution in [2.75, 3.05) is 13.2 Å². The van der Waals surface area contributed by atoms with Crippen LogP contribution in [0.4, 0.5) is 0 Å². The van der Waals surface area contributed by atoms with E-state index in [1.54, 1.807) is 0 Å². The molecule has 2 atom stereocenters. The molecule has 1 aromatic carbocycles. The van der Waals surface area contributed by atoms with Crippen molar-refractivity contribution in [3.63, 3.8) is 0 Å². The summed E-state index contributed by atoms with van der Waals surface area (Å²) >= 11 is 5.83. The van der Waals surface area contributed by atoms with E-state index in [0.717, 1.165) is 23.7 Å². The first-order chi connectivity index (χ1) is 8.17. The molecule has 0 fully saturated rings. The third-order valence-corrected chi connectivity index (χ3v) is 3.29. The van der Waals surface area contributed by atoms with Crippen molar-refractivity contribution in [1.29, 1.82) is 0 Å². The smallest absolute Gasteiger partial charge is 0.119 e. The van der Waals surface area contributed by atoms with Crippen LogP contribution in [0, 0.1) is 5.92 Å². The molecular formula is C14H22ClNO. The van der Waals surface area contributed by atoms with E-state index < -0.39 is 0 Å². The zero-order chi connectivity index (χ0) is 12.7. The van der Waals surface area contributed by atoms with Crippen LogP contribution in [-0.4, -0.2) is 19.2 Å². The second-order valence-corrected chi connectivity index (χ2v) is 4.75. The van der Waals surface area contributed by atoms with Gasteiger partial charge < -0.3 is 10.1 Å². The summed E-state index contributed by atoms with van der Waals surface area (Å²) < 4.78 is 5.78. The minimum atomic E-state index is 0.403. The summed E-state index contributed by atoms with van der Waals surface area (Å²) in [6, 6.07) is 7.91. The lowest BCUT2D eigenvalue weighted by molar-refractivity contribution is 0.222. The van der Waals surface area contributed by atoms with E-state index in [1.807, 2.05) is 24.3 Å². The minimum absolute atomic E-state index is 0.403. The summed E-state index contributed by atoms with van der Waals surface area (Å²) in [6.07, 6.45) is 1.15. The predicted octanol–water partition coefficient (Wildman–Crippen LogP) is 3.74. The first-order valence-corrected chi connectivity index (χ1v) is 6.66. The molecule has 2 nitrogen and oxygen atoms in total. The molecule has 0 heterocycles. The van der Waals surface area contributed by atoms with Gasteiger partial charge in [0.25, 0.3) is 0 Å². The number of likely N-dealkylation sites (N-methyl/N-ethyl adjacent to an activating group) is 1. The van der Waals surface area contributed by atoms with Crippen molar-refractivity contribution < 1.29 is 4.74 Å². The summed E-state index contributed by atoms with van der Waals surface area (Å²) in [4.78, 5) is 0. The van der Waals surface area contributed by atoms with Gasteiger partial charge in [0.05, 0.1) is 0 Å². The molecule has 0 radical (unpaired) electrons. The molecule has 3 heteroatoms. The molecule has 0 aromatic heterocycles. The Morgan fingerprint density at radius 3 is 2.41 bits per heavy atom. The summed E-state index contributed by atoms with van der Waals surface area (Å²) in [5, 5.41) is 4.20. The van der Waals surface area contributed by atoms with E-state index >= 15 is 0 Å². The van der Waals surface area contributed by atoms with Gasteiger partial charge in [-0.3, -0.25) is 0 Å². The van der Waals surface area contributed by atoms with E-state index in [9.17, 15) is 0 Å². The number of benzene rings is 1. The van der Waals surface area contributed by atoms with Crippen LogP contribution in [0.2, 0.25) is 5.02 Å². The lowest BCUT2D eigenvalue weighted by atomic mass is 10.00. The Labute approximate surface area is 109 Å². The van der Waals surface area contributed by atoms with Crippen molar-refractivity contribution in [3.8, 4) is 5.75 Å². The number of nitrogens with one attached hydrogen (secondary N) is 1. The van der Waals surface area contributed by atoms with Crippen LogP contribution in [0.15, 0.2) is 24.3 Å². The quantitative estimate of drug-likeness (QED) is 0.801. The standard InChI is InChI=1S/C14H22ClNO/c1-4-11(3)14(16-5-2)10-17-13-8-6-12(15)7-9-13/h6-9,11,14,16H,4-5,10H2,1-3H3. The number of halogens is 1. The molecule has 0 aliphatic carbocycles. The third-order valence-electron chi connectivity index (χ3n) is 3.04. The summed E-state index contributed by atoms with van der Waals surface area (Å²) in [5.74, 6) is 1.49. The van der Waals surface area contributed by atoms with Gasteiger partial charge in [-0.2, -0.15) is 0 Å². The summed E-state index contributed by atoms with van der Waals surface area (Å²) in [5.41, 5.74) is 0. The molecule has 0 spiro atoms. The van der Waals surface area contributed by atoms with Crippen LogP contribution in [-0.2, 0) is 0 Å². The van der Waals surface area contributed by atoms with E-state index in [0.29, 0.717) is 18.6 Å². The van der Waals surface area contributed by atoms with Crippen molar-refractivity contribution in [2.24, 2.45) is 5.92 Å². The zero-order valence-corrected chi connectivity index (χ0v) is 11.6. The fourth-order valence-corrected chi connectivity index (χ4v) is 1.81. The molecule has 0 bridgehead atoms. The van der Waals surface area contributed by atoms with Gasteiger partial charge in [-0.15, -0.1) is 0 Å². The number of hydrogen-bond acceptors (Lipinski definition) is 2. The second-order valence-electron chi connectivity index (χ2n) is 4.31. The van der Waals surface area contributed by atoms with Crippen LogP contribution in [0.5, 0.6) is 5.75 Å². The highest BCUT2D eigenvalue weighted by atomic mass is 35.5. The minimum Gasteiger partial charge on any atom is -0.492 e. The monoisotopic (exact) mass is 255 g/mol. The highest BCUT2D eigenvalue weighted by molar-refractivity contribution is 6.30. The fourth-order valence-electron chi connectivity index (χ4n) is 1.69. The molecule has 1 aromatic rings. The first kappa shape index (κ1) is 14.3. The molecule has 0 aliphatic rings. The summed E-state index contributed by atoms with van der Waals surface area (Å²) in [7, 11) is 0. The van der Waals surface area contributed by atoms with Crippen LogP contribution in [0.3, 0.4) is 0 Å². The fraction of sp³-hybridized carbons (Fsp3) is 0.571. The topological polar surface area (TPSA) is 21.3 Å². The second kappa shape index (κ2) is 7.57. The maximum absolute atomic E-state index is 5.83. The van der Waals surface area contributed by atoms with Gasteiger partial charge in [-0.1, -0.05) is 38.8 Å². The molecule has 2 unspecified atom stereocenters. The molecule has 0 saturated carbocycles. The molecule has 1 rings (SSSR count). The number of rotatable bonds is 7. The van der Waals surface area contributed by atoms with Crippen LogP contribution < -0.4 is 10.1 Å². The molecule has 17 heavy (non-hydrogen) atoms. The highest BCUT2D eigenvalue weighted by Crippen LogP contribution is 2.17. The molecular weight excluding hydrogens is 234 g/mol. The Morgan fingerprint density at radius 2 is 1.88 bits per heavy atom. The molecule has 96 valence electrons. The molecule has 0 saturated heterocycles. The van der Waals surface area contributed by atoms with Gasteiger partial charge in [-0.05, 0) is 36.7 Å². The molecule has 1 N–H and O–H groups in total. The average molecular weight is 256 g/mol. The van der Waals surface area contributed by atoms with Crippen LogP contribution in [0.1, 0.15) is 27.2 Å². The van der Waals surface area contributed by atoms with Crippen LogP contribution >= 0.6 is 11.6 Å². The maximum atomic E-state index is 5.83. The van der Waals surface area contributed by atoms with Gasteiger partial charge in [0.1, 0.15) is 12.4 Å². The lowest BCUT2D eigenvalue weighted by Gasteiger charge is -2.24. The number of hydrogen-bond donors (Lipinski definition) is 1. The SMILES string of the molecule is CCNC(COc1ccc(Cl)cc1)C(C)CC. The largest absolute Gasteiger partial charge is 0.492 e. The third kappa shape index (κ3) is 4.97. The summed E-state index contributed by atoms with van der Waals surface area (Å²) in [6.45, 7) is 8.25. The lowest BCUT2D eigenvalue weighted by Crippen LogP contribution is -2.39. The normalized spacial score (nSPS) is 14.4. The van der Waals surface area contributed by atoms with E-state index in [2.05, 4.69) is 26.1 Å². The molecule has 0 aliphatic heterocycles. The zero-order valence-electron chi connectivity index (χ0n) is 10.9. The van der Waals surface area contributed by atoms with Gasteiger partial charge in [0.2, 0.25) is 0 Å². The van der Waals surface area contributed by atoms with E-state index in [4.69, 9.17) is 16.3 Å². The highest BCUT2D eigenvalue weighted by Gasteiger charge is 2.15. The van der Waals surface area contributed by atoms with Crippen molar-refractivity contribution >= 4 is 11.6 Å². The Balaban J connectivity index is 2.48. The first-order valence-electron chi connectivity index (χ1n) is 6.29. The number of ether oxygens (including phenoxy) is 1. The van der Waals surface area contributed by atoms with E-state index in [1.165, 1.54) is 0 Å². The average Bonchev–Trinajstić information content (AvgIpc) is 2.35. The van der Waals surface area contributed by atoms with Crippen molar-refractivity contribution in [3.05, 3.63) is 29.3 Å².